The molecular formula is C24H28N4O4. The van der Waals surface area contributed by atoms with E-state index >= 15 is 0 Å². The molecule has 1 saturated heterocycles. The number of hydrogen-bond acceptors (Lipinski definition) is 7. The quantitative estimate of drug-likeness (QED) is 0.620. The molecule has 1 fully saturated rings. The molecular weight excluding hydrogens is 408 g/mol. The molecule has 168 valence electrons. The average molecular weight is 437 g/mol. The molecule has 1 unspecified atom stereocenters. The van der Waals surface area contributed by atoms with Crippen molar-refractivity contribution < 1.29 is 18.8 Å². The Kier molecular flexibility index (Phi) is 6.14. The van der Waals surface area contributed by atoms with Crippen LogP contribution in [0.2, 0.25) is 0 Å². The normalized spacial score (nSPS) is 16.6. The van der Waals surface area contributed by atoms with Gasteiger partial charge in [-0.2, -0.15) is 0 Å². The zero-order valence-corrected chi connectivity index (χ0v) is 18.8. The van der Waals surface area contributed by atoms with Crippen molar-refractivity contribution in [2.24, 2.45) is 0 Å². The first-order chi connectivity index (χ1) is 15.3. The summed E-state index contributed by atoms with van der Waals surface area (Å²) in [6.07, 6.45) is -0.330. The number of hydrogen-bond donors (Lipinski definition) is 1. The Morgan fingerprint density at radius 1 is 1.16 bits per heavy atom. The number of amides is 1. The molecule has 3 heterocycles. The first kappa shape index (κ1) is 21.8. The molecule has 1 N–H and O–H groups in total. The third-order valence-corrected chi connectivity index (χ3v) is 5.22. The molecule has 4 rings (SSSR count). The Balaban J connectivity index is 1.44. The minimum absolute atomic E-state index is 0.0836. The summed E-state index contributed by atoms with van der Waals surface area (Å²) in [6.45, 7) is 8.75. The highest BCUT2D eigenvalue weighted by Gasteiger charge is 2.37. The molecule has 0 aliphatic carbocycles. The second-order valence-electron chi connectivity index (χ2n) is 8.43. The summed E-state index contributed by atoms with van der Waals surface area (Å²) >= 11 is 0. The van der Waals surface area contributed by atoms with E-state index in [2.05, 4.69) is 15.5 Å². The zero-order chi connectivity index (χ0) is 22.7. The molecule has 2 aromatic heterocycles. The van der Waals surface area contributed by atoms with E-state index in [9.17, 15) is 4.79 Å². The minimum Gasteiger partial charge on any atom is -0.478 e. The number of aromatic nitrogens is 2. The number of aryl methyl sites for hydroxylation is 2. The number of benzene rings is 1. The van der Waals surface area contributed by atoms with Gasteiger partial charge in [0.1, 0.15) is 23.4 Å². The van der Waals surface area contributed by atoms with Gasteiger partial charge in [0, 0.05) is 12.6 Å². The highest BCUT2D eigenvalue weighted by Crippen LogP contribution is 2.27. The van der Waals surface area contributed by atoms with Crippen LogP contribution in [0.5, 0.6) is 5.75 Å². The van der Waals surface area contributed by atoms with Crippen LogP contribution in [0.1, 0.15) is 37.0 Å². The predicted molar refractivity (Wildman–Crippen MR) is 120 cm³/mol. The van der Waals surface area contributed by atoms with E-state index in [0.717, 1.165) is 11.3 Å². The lowest BCUT2D eigenvalue weighted by Gasteiger charge is -2.37. The molecule has 3 aromatic rings. The predicted octanol–water partition coefficient (Wildman–Crippen LogP) is 4.19. The van der Waals surface area contributed by atoms with Gasteiger partial charge in [0.15, 0.2) is 11.4 Å². The van der Waals surface area contributed by atoms with Gasteiger partial charge in [-0.1, -0.05) is 23.4 Å². The molecule has 1 aliphatic rings. The fourth-order valence-electron chi connectivity index (χ4n) is 3.67. The van der Waals surface area contributed by atoms with Crippen LogP contribution >= 0.6 is 0 Å². The molecule has 8 heteroatoms. The number of rotatable bonds is 6. The first-order valence-corrected chi connectivity index (χ1v) is 10.6. The molecule has 1 aromatic carbocycles. The van der Waals surface area contributed by atoms with Gasteiger partial charge >= 0.3 is 0 Å². The Hall–Kier alpha value is -3.39. The van der Waals surface area contributed by atoms with E-state index in [1.807, 2.05) is 56.3 Å². The summed E-state index contributed by atoms with van der Waals surface area (Å²) in [7, 11) is 0. The number of ether oxygens (including phenoxy) is 2. The van der Waals surface area contributed by atoms with Crippen LogP contribution in [0.4, 0.5) is 11.6 Å². The highest BCUT2D eigenvalue weighted by molar-refractivity contribution is 5.85. The van der Waals surface area contributed by atoms with Crippen molar-refractivity contribution in [3.05, 3.63) is 65.5 Å². The lowest BCUT2D eigenvalue weighted by atomic mass is 10.1. The Morgan fingerprint density at radius 2 is 1.97 bits per heavy atom. The van der Waals surface area contributed by atoms with Crippen molar-refractivity contribution in [1.82, 2.24) is 15.0 Å². The molecule has 1 atom stereocenters. The maximum Gasteiger partial charge on any atom is 0.266 e. The number of morpholine rings is 1. The number of carbonyl (C=O) groups is 1. The zero-order valence-electron chi connectivity index (χ0n) is 18.8. The summed E-state index contributed by atoms with van der Waals surface area (Å²) in [6, 6.07) is 15.1. The van der Waals surface area contributed by atoms with Crippen LogP contribution in [-0.2, 0) is 9.53 Å². The Labute approximate surface area is 187 Å². The van der Waals surface area contributed by atoms with Crippen molar-refractivity contribution in [2.45, 2.75) is 39.4 Å². The van der Waals surface area contributed by atoms with Crippen LogP contribution in [0.15, 0.2) is 53.1 Å². The van der Waals surface area contributed by atoms with Gasteiger partial charge < -0.3 is 24.2 Å². The van der Waals surface area contributed by atoms with Gasteiger partial charge in [0.05, 0.1) is 18.8 Å². The largest absolute Gasteiger partial charge is 0.478 e. The van der Waals surface area contributed by atoms with Crippen molar-refractivity contribution in [3.8, 4) is 5.75 Å². The van der Waals surface area contributed by atoms with Crippen molar-refractivity contribution in [2.75, 3.05) is 25.0 Å². The lowest BCUT2D eigenvalue weighted by Crippen LogP contribution is -2.53. The number of nitrogens with zero attached hydrogens (tertiary/aromatic N) is 3. The van der Waals surface area contributed by atoms with Crippen LogP contribution in [0.25, 0.3) is 0 Å². The fraction of sp³-hybridized carbons (Fsp3) is 0.375. The van der Waals surface area contributed by atoms with E-state index in [4.69, 9.17) is 14.0 Å². The number of pyridine rings is 1. The smallest absolute Gasteiger partial charge is 0.266 e. The maximum absolute atomic E-state index is 13.3. The number of nitrogens with one attached hydrogen (secondary N) is 1. The van der Waals surface area contributed by atoms with Gasteiger partial charge in [-0.05, 0) is 57.5 Å². The summed E-state index contributed by atoms with van der Waals surface area (Å²) in [5.74, 6) is 2.52. The summed E-state index contributed by atoms with van der Waals surface area (Å²) < 4.78 is 17.1. The third-order valence-electron chi connectivity index (χ3n) is 5.22. The van der Waals surface area contributed by atoms with Crippen LogP contribution in [0.3, 0.4) is 0 Å². The second kappa shape index (κ2) is 9.00. The minimum atomic E-state index is -1.00. The van der Waals surface area contributed by atoms with Crippen molar-refractivity contribution in [3.63, 3.8) is 0 Å². The summed E-state index contributed by atoms with van der Waals surface area (Å²) in [4.78, 5) is 19.7. The SMILES string of the molecule is Cc1cccc(OC(C)(C)C(=O)N2CCOC(c3cccc(Nc4cc(C)on4)n3)C2)c1. The van der Waals surface area contributed by atoms with E-state index in [0.29, 0.717) is 42.8 Å². The monoisotopic (exact) mass is 436 g/mol. The molecule has 1 aliphatic heterocycles. The van der Waals surface area contributed by atoms with Gasteiger partial charge in [-0.3, -0.25) is 4.79 Å². The van der Waals surface area contributed by atoms with Gasteiger partial charge in [0.25, 0.3) is 5.91 Å². The van der Waals surface area contributed by atoms with Gasteiger partial charge in [0.2, 0.25) is 0 Å². The van der Waals surface area contributed by atoms with Gasteiger partial charge in [-0.25, -0.2) is 4.98 Å². The van der Waals surface area contributed by atoms with Crippen molar-refractivity contribution in [1.29, 1.82) is 0 Å². The standard InChI is InChI=1S/C24H28N4O4/c1-16-7-5-8-18(13-16)31-24(3,4)23(29)28-11-12-30-20(15-28)19-9-6-10-21(25-19)26-22-14-17(2)32-27-22/h5-10,13-14,20H,11-12,15H2,1-4H3,(H,25,26,27). The third kappa shape index (κ3) is 5.08. The van der Waals surface area contributed by atoms with Crippen LogP contribution < -0.4 is 10.1 Å². The summed E-state index contributed by atoms with van der Waals surface area (Å²) in [5.41, 5.74) is 0.819. The highest BCUT2D eigenvalue weighted by atomic mass is 16.5. The topological polar surface area (TPSA) is 89.7 Å². The van der Waals surface area contributed by atoms with Crippen LogP contribution in [0, 0.1) is 13.8 Å². The van der Waals surface area contributed by atoms with E-state index in [1.54, 1.807) is 24.8 Å². The van der Waals surface area contributed by atoms with Crippen molar-refractivity contribution >= 4 is 17.5 Å². The maximum atomic E-state index is 13.3. The molecule has 0 bridgehead atoms. The average Bonchev–Trinajstić information content (AvgIpc) is 3.17. The molecule has 8 nitrogen and oxygen atoms in total. The Morgan fingerprint density at radius 3 is 2.72 bits per heavy atom. The first-order valence-electron chi connectivity index (χ1n) is 10.6. The fourth-order valence-corrected chi connectivity index (χ4v) is 3.67. The molecule has 0 radical (unpaired) electrons. The summed E-state index contributed by atoms with van der Waals surface area (Å²) in [5, 5.41) is 7.05. The van der Waals surface area contributed by atoms with E-state index in [1.165, 1.54) is 0 Å². The van der Waals surface area contributed by atoms with Crippen LogP contribution in [-0.4, -0.2) is 46.2 Å². The van der Waals surface area contributed by atoms with E-state index in [-0.39, 0.29) is 12.0 Å². The Bertz CT molecular complexity index is 1090. The number of carbonyl (C=O) groups excluding carboxylic acids is 1. The van der Waals surface area contributed by atoms with Gasteiger partial charge in [-0.15, -0.1) is 0 Å². The molecule has 0 spiro atoms. The lowest BCUT2D eigenvalue weighted by molar-refractivity contribution is -0.153. The number of anilines is 2. The molecule has 32 heavy (non-hydrogen) atoms. The molecule has 0 saturated carbocycles. The second-order valence-corrected chi connectivity index (χ2v) is 8.43. The molecule has 1 amide bonds. The van der Waals surface area contributed by atoms with E-state index < -0.39 is 5.60 Å².